The van der Waals surface area contributed by atoms with E-state index >= 15 is 0 Å². The molecular formula is C16H15F3N2O3. The van der Waals surface area contributed by atoms with Gasteiger partial charge in [0.15, 0.2) is 0 Å². The summed E-state index contributed by atoms with van der Waals surface area (Å²) in [6.07, 6.45) is -4.75. The third kappa shape index (κ3) is 5.71. The second-order valence-electron chi connectivity index (χ2n) is 4.61. The molecule has 0 heterocycles. The van der Waals surface area contributed by atoms with Crippen molar-refractivity contribution >= 4 is 17.4 Å². The number of benzene rings is 2. The number of alkyl halides is 3. The molecule has 0 unspecified atom stereocenters. The summed E-state index contributed by atoms with van der Waals surface area (Å²) >= 11 is 0. The largest absolute Gasteiger partial charge is 0.573 e. The molecule has 0 atom stereocenters. The Balaban J connectivity index is 1.93. The van der Waals surface area contributed by atoms with Crippen LogP contribution in [0, 0.1) is 0 Å². The first-order valence-electron chi connectivity index (χ1n) is 7.02. The maximum Gasteiger partial charge on any atom is 0.573 e. The molecule has 2 amide bonds. The molecule has 2 rings (SSSR count). The van der Waals surface area contributed by atoms with Gasteiger partial charge < -0.3 is 20.1 Å². The van der Waals surface area contributed by atoms with Crippen molar-refractivity contribution in [3.8, 4) is 11.5 Å². The summed E-state index contributed by atoms with van der Waals surface area (Å²) in [6, 6.07) is 11.1. The Hall–Kier alpha value is -2.90. The quantitative estimate of drug-likeness (QED) is 0.834. The van der Waals surface area contributed by atoms with E-state index in [-0.39, 0.29) is 5.75 Å². The van der Waals surface area contributed by atoms with Gasteiger partial charge in [0, 0.05) is 17.4 Å². The summed E-state index contributed by atoms with van der Waals surface area (Å²) in [7, 11) is 0. The molecule has 0 radical (unpaired) electrons. The maximum atomic E-state index is 12.1. The van der Waals surface area contributed by atoms with Crippen LogP contribution in [0.25, 0.3) is 0 Å². The average Bonchev–Trinajstić information content (AvgIpc) is 2.48. The summed E-state index contributed by atoms with van der Waals surface area (Å²) in [5.74, 6) is 0.252. The molecule has 2 N–H and O–H groups in total. The molecular weight excluding hydrogens is 325 g/mol. The van der Waals surface area contributed by atoms with E-state index in [0.29, 0.717) is 23.7 Å². The normalized spacial score (nSPS) is 10.8. The van der Waals surface area contributed by atoms with E-state index in [1.54, 1.807) is 24.3 Å². The van der Waals surface area contributed by atoms with Gasteiger partial charge in [0.1, 0.15) is 11.5 Å². The van der Waals surface area contributed by atoms with Crippen LogP contribution >= 0.6 is 0 Å². The maximum absolute atomic E-state index is 12.1. The Labute approximate surface area is 136 Å². The standard InChI is InChI=1S/C16H15F3N2O3/c1-2-23-14-5-3-4-12(10-14)21-15(22)20-11-6-8-13(9-7-11)24-16(17,18)19/h3-10H,2H2,1H3,(H2,20,21,22). The minimum absolute atomic E-state index is 0.322. The van der Waals surface area contributed by atoms with Crippen molar-refractivity contribution in [3.05, 3.63) is 48.5 Å². The highest BCUT2D eigenvalue weighted by Crippen LogP contribution is 2.24. The number of anilines is 2. The molecule has 0 saturated carbocycles. The number of carbonyl (C=O) groups excluding carboxylic acids is 1. The zero-order valence-electron chi connectivity index (χ0n) is 12.7. The SMILES string of the molecule is CCOc1cccc(NC(=O)Nc2ccc(OC(F)(F)F)cc2)c1. The fourth-order valence-electron chi connectivity index (χ4n) is 1.86. The van der Waals surface area contributed by atoms with Gasteiger partial charge in [-0.05, 0) is 43.3 Å². The smallest absolute Gasteiger partial charge is 0.494 e. The lowest BCUT2D eigenvalue weighted by Crippen LogP contribution is -2.19. The number of rotatable bonds is 5. The topological polar surface area (TPSA) is 59.6 Å². The Morgan fingerprint density at radius 1 is 1.00 bits per heavy atom. The summed E-state index contributed by atoms with van der Waals surface area (Å²) in [5, 5.41) is 5.11. The van der Waals surface area contributed by atoms with Crippen LogP contribution in [0.4, 0.5) is 29.3 Å². The Morgan fingerprint density at radius 2 is 1.67 bits per heavy atom. The van der Waals surface area contributed by atoms with Gasteiger partial charge in [-0.1, -0.05) is 6.07 Å². The van der Waals surface area contributed by atoms with Gasteiger partial charge in [0.2, 0.25) is 0 Å². The van der Waals surface area contributed by atoms with E-state index < -0.39 is 12.4 Å². The molecule has 8 heteroatoms. The van der Waals surface area contributed by atoms with E-state index in [1.165, 1.54) is 12.1 Å². The molecule has 0 saturated heterocycles. The van der Waals surface area contributed by atoms with Gasteiger partial charge >= 0.3 is 12.4 Å². The van der Waals surface area contributed by atoms with Crippen LogP contribution in [0.5, 0.6) is 11.5 Å². The van der Waals surface area contributed by atoms with Crippen LogP contribution in [0.15, 0.2) is 48.5 Å². The Kier molecular flexibility index (Phi) is 5.51. The highest BCUT2D eigenvalue weighted by molar-refractivity contribution is 5.99. The lowest BCUT2D eigenvalue weighted by atomic mass is 10.3. The molecule has 2 aromatic rings. The summed E-state index contributed by atoms with van der Waals surface area (Å²) < 4.78 is 45.3. The molecule has 0 spiro atoms. The zero-order chi connectivity index (χ0) is 17.6. The zero-order valence-corrected chi connectivity index (χ0v) is 12.7. The van der Waals surface area contributed by atoms with Crippen molar-refractivity contribution in [1.82, 2.24) is 0 Å². The second-order valence-corrected chi connectivity index (χ2v) is 4.61. The third-order valence-corrected chi connectivity index (χ3v) is 2.75. The number of urea groups is 1. The van der Waals surface area contributed by atoms with E-state index in [0.717, 1.165) is 12.1 Å². The molecule has 0 aliphatic carbocycles. The van der Waals surface area contributed by atoms with Crippen molar-refractivity contribution in [2.75, 3.05) is 17.2 Å². The average molecular weight is 340 g/mol. The van der Waals surface area contributed by atoms with Gasteiger partial charge in [-0.2, -0.15) is 0 Å². The predicted molar refractivity (Wildman–Crippen MR) is 83.4 cm³/mol. The number of hydrogen-bond acceptors (Lipinski definition) is 3. The summed E-state index contributed by atoms with van der Waals surface area (Å²) in [5.41, 5.74) is 0.846. The number of carbonyl (C=O) groups is 1. The molecule has 5 nitrogen and oxygen atoms in total. The van der Waals surface area contributed by atoms with Crippen LogP contribution in [0.3, 0.4) is 0 Å². The van der Waals surface area contributed by atoms with E-state index in [9.17, 15) is 18.0 Å². The molecule has 24 heavy (non-hydrogen) atoms. The molecule has 0 fully saturated rings. The van der Waals surface area contributed by atoms with Crippen LogP contribution in [-0.4, -0.2) is 19.0 Å². The summed E-state index contributed by atoms with van der Waals surface area (Å²) in [6.45, 7) is 2.35. The first kappa shape index (κ1) is 17.5. The number of nitrogens with one attached hydrogen (secondary N) is 2. The number of halogens is 3. The lowest BCUT2D eigenvalue weighted by molar-refractivity contribution is -0.274. The third-order valence-electron chi connectivity index (χ3n) is 2.75. The summed E-state index contributed by atoms with van der Waals surface area (Å²) in [4.78, 5) is 11.9. The highest BCUT2D eigenvalue weighted by atomic mass is 19.4. The van der Waals surface area contributed by atoms with E-state index in [1.807, 2.05) is 6.92 Å². The predicted octanol–water partition coefficient (Wildman–Crippen LogP) is 4.63. The van der Waals surface area contributed by atoms with Gasteiger partial charge in [-0.3, -0.25) is 0 Å². The molecule has 2 aromatic carbocycles. The van der Waals surface area contributed by atoms with Gasteiger partial charge in [-0.15, -0.1) is 13.2 Å². The first-order chi connectivity index (χ1) is 11.4. The number of ether oxygens (including phenoxy) is 2. The monoisotopic (exact) mass is 340 g/mol. The molecule has 0 aliphatic heterocycles. The van der Waals surface area contributed by atoms with Gasteiger partial charge in [0.05, 0.1) is 6.61 Å². The van der Waals surface area contributed by atoms with Crippen LogP contribution in [0.1, 0.15) is 6.92 Å². The van der Waals surface area contributed by atoms with Gasteiger partial charge in [-0.25, -0.2) is 4.79 Å². The minimum atomic E-state index is -4.75. The highest BCUT2D eigenvalue weighted by Gasteiger charge is 2.30. The second kappa shape index (κ2) is 7.58. The first-order valence-corrected chi connectivity index (χ1v) is 7.02. The van der Waals surface area contributed by atoms with E-state index in [2.05, 4.69) is 15.4 Å². The van der Waals surface area contributed by atoms with Crippen molar-refractivity contribution in [3.63, 3.8) is 0 Å². The Bertz CT molecular complexity index is 688. The van der Waals surface area contributed by atoms with Crippen molar-refractivity contribution in [1.29, 1.82) is 0 Å². The van der Waals surface area contributed by atoms with Crippen molar-refractivity contribution in [2.45, 2.75) is 13.3 Å². The van der Waals surface area contributed by atoms with Crippen LogP contribution in [0.2, 0.25) is 0 Å². The lowest BCUT2D eigenvalue weighted by Gasteiger charge is -2.11. The molecule has 0 aliphatic rings. The molecule has 128 valence electrons. The molecule has 0 bridgehead atoms. The number of amides is 2. The number of hydrogen-bond donors (Lipinski definition) is 2. The fraction of sp³-hybridized carbons (Fsp3) is 0.188. The van der Waals surface area contributed by atoms with Crippen LogP contribution in [-0.2, 0) is 0 Å². The van der Waals surface area contributed by atoms with Crippen LogP contribution < -0.4 is 20.1 Å². The van der Waals surface area contributed by atoms with Crippen molar-refractivity contribution in [2.24, 2.45) is 0 Å². The Morgan fingerprint density at radius 3 is 2.29 bits per heavy atom. The van der Waals surface area contributed by atoms with Gasteiger partial charge in [0.25, 0.3) is 0 Å². The minimum Gasteiger partial charge on any atom is -0.494 e. The fourth-order valence-corrected chi connectivity index (χ4v) is 1.86. The van der Waals surface area contributed by atoms with Crippen molar-refractivity contribution < 1.29 is 27.4 Å². The molecule has 0 aromatic heterocycles. The van der Waals surface area contributed by atoms with E-state index in [4.69, 9.17) is 4.74 Å².